The van der Waals surface area contributed by atoms with Crippen LogP contribution in [0.3, 0.4) is 0 Å². The van der Waals surface area contributed by atoms with Crippen molar-refractivity contribution in [1.29, 1.82) is 0 Å². The van der Waals surface area contributed by atoms with Crippen LogP contribution in [0.2, 0.25) is 0 Å². The summed E-state index contributed by atoms with van der Waals surface area (Å²) in [4.78, 5) is 18.6. The van der Waals surface area contributed by atoms with E-state index in [-0.39, 0.29) is 11.3 Å². The third-order valence-corrected chi connectivity index (χ3v) is 3.81. The van der Waals surface area contributed by atoms with Gasteiger partial charge in [0.1, 0.15) is 5.82 Å². The molecule has 1 unspecified atom stereocenters. The van der Waals surface area contributed by atoms with E-state index in [1.165, 1.54) is 0 Å². The number of nitrogens with one attached hydrogen (secondary N) is 1. The lowest BCUT2D eigenvalue weighted by molar-refractivity contribution is -0.128. The van der Waals surface area contributed by atoms with Crippen molar-refractivity contribution in [3.8, 4) is 0 Å². The Morgan fingerprint density at radius 1 is 1.58 bits per heavy atom. The zero-order valence-electron chi connectivity index (χ0n) is 11.9. The van der Waals surface area contributed by atoms with E-state index in [1.54, 1.807) is 7.05 Å². The first kappa shape index (κ1) is 13.8. The molecular weight excluding hydrogens is 240 g/mol. The number of anilines is 1. The van der Waals surface area contributed by atoms with Gasteiger partial charge in [0, 0.05) is 32.4 Å². The van der Waals surface area contributed by atoms with Crippen molar-refractivity contribution < 1.29 is 4.79 Å². The first-order valence-electron chi connectivity index (χ1n) is 6.63. The molecule has 3 N–H and O–H groups in total. The highest BCUT2D eigenvalue weighted by molar-refractivity contribution is 5.83. The SMILES string of the molecule is CNC(=O)C1(C)CCN(c2cc(CN)cc(C)n2)C1. The minimum atomic E-state index is -0.330. The molecule has 1 amide bonds. The molecule has 1 aromatic heterocycles. The van der Waals surface area contributed by atoms with Crippen LogP contribution in [0.1, 0.15) is 24.6 Å². The van der Waals surface area contributed by atoms with Gasteiger partial charge in [-0.2, -0.15) is 0 Å². The number of nitrogens with two attached hydrogens (primary N) is 1. The van der Waals surface area contributed by atoms with Crippen LogP contribution in [-0.2, 0) is 11.3 Å². The summed E-state index contributed by atoms with van der Waals surface area (Å²) in [6.45, 7) is 6.04. The van der Waals surface area contributed by atoms with Gasteiger partial charge in [-0.25, -0.2) is 4.98 Å². The van der Waals surface area contributed by atoms with E-state index in [9.17, 15) is 4.79 Å². The Bertz CT molecular complexity index is 488. The second-order valence-corrected chi connectivity index (χ2v) is 5.49. The molecule has 0 bridgehead atoms. The molecule has 104 valence electrons. The first-order valence-corrected chi connectivity index (χ1v) is 6.63. The van der Waals surface area contributed by atoms with Gasteiger partial charge in [-0.15, -0.1) is 0 Å². The molecule has 5 nitrogen and oxygen atoms in total. The number of aryl methyl sites for hydroxylation is 1. The lowest BCUT2D eigenvalue weighted by Gasteiger charge is -2.23. The quantitative estimate of drug-likeness (QED) is 0.845. The fraction of sp³-hybridized carbons (Fsp3) is 0.571. The van der Waals surface area contributed by atoms with Crippen LogP contribution in [-0.4, -0.2) is 31.0 Å². The molecule has 1 fully saturated rings. The molecule has 1 atom stereocenters. The van der Waals surface area contributed by atoms with Crippen molar-refractivity contribution in [1.82, 2.24) is 10.3 Å². The third-order valence-electron chi connectivity index (χ3n) is 3.81. The highest BCUT2D eigenvalue weighted by Crippen LogP contribution is 2.33. The fourth-order valence-electron chi connectivity index (χ4n) is 2.64. The molecular formula is C14H22N4O. The third kappa shape index (κ3) is 2.71. The van der Waals surface area contributed by atoms with E-state index >= 15 is 0 Å². The molecule has 19 heavy (non-hydrogen) atoms. The van der Waals surface area contributed by atoms with Crippen molar-refractivity contribution in [2.45, 2.75) is 26.8 Å². The summed E-state index contributed by atoms with van der Waals surface area (Å²) in [5.41, 5.74) is 7.41. The number of hydrogen-bond acceptors (Lipinski definition) is 4. The number of aromatic nitrogens is 1. The monoisotopic (exact) mass is 262 g/mol. The van der Waals surface area contributed by atoms with E-state index in [1.807, 2.05) is 26.0 Å². The number of pyridine rings is 1. The second kappa shape index (κ2) is 5.17. The maximum atomic E-state index is 11.9. The Hall–Kier alpha value is -1.62. The number of nitrogens with zero attached hydrogens (tertiary/aromatic N) is 2. The van der Waals surface area contributed by atoms with Crippen LogP contribution in [0, 0.1) is 12.3 Å². The largest absolute Gasteiger partial charge is 0.359 e. The number of hydrogen-bond donors (Lipinski definition) is 2. The standard InChI is InChI=1S/C14H22N4O/c1-10-6-11(8-15)7-12(17-10)18-5-4-14(2,9-18)13(19)16-3/h6-7H,4-5,8-9,15H2,1-3H3,(H,16,19). The normalized spacial score (nSPS) is 22.6. The summed E-state index contributed by atoms with van der Waals surface area (Å²) >= 11 is 0. The molecule has 5 heteroatoms. The molecule has 1 aliphatic heterocycles. The van der Waals surface area contributed by atoms with Gasteiger partial charge in [0.05, 0.1) is 5.41 Å². The van der Waals surface area contributed by atoms with Crippen molar-refractivity contribution in [3.63, 3.8) is 0 Å². The molecule has 1 aliphatic rings. The van der Waals surface area contributed by atoms with Crippen LogP contribution in [0.15, 0.2) is 12.1 Å². The highest BCUT2D eigenvalue weighted by atomic mass is 16.2. The molecule has 0 radical (unpaired) electrons. The maximum absolute atomic E-state index is 11.9. The van der Waals surface area contributed by atoms with Gasteiger partial charge in [0.15, 0.2) is 0 Å². The summed E-state index contributed by atoms with van der Waals surface area (Å²) < 4.78 is 0. The Balaban J connectivity index is 2.21. The van der Waals surface area contributed by atoms with Gasteiger partial charge >= 0.3 is 0 Å². The Morgan fingerprint density at radius 3 is 2.95 bits per heavy atom. The first-order chi connectivity index (χ1) is 8.98. The van der Waals surface area contributed by atoms with Crippen LogP contribution >= 0.6 is 0 Å². The molecule has 2 rings (SSSR count). The van der Waals surface area contributed by atoms with Gasteiger partial charge in [0.2, 0.25) is 5.91 Å². The van der Waals surface area contributed by atoms with E-state index < -0.39 is 0 Å². The summed E-state index contributed by atoms with van der Waals surface area (Å²) in [6.07, 6.45) is 0.847. The number of carbonyl (C=O) groups is 1. The van der Waals surface area contributed by atoms with Gasteiger partial charge in [-0.05, 0) is 38.0 Å². The van der Waals surface area contributed by atoms with Crippen LogP contribution in [0.4, 0.5) is 5.82 Å². The molecule has 1 aromatic rings. The van der Waals surface area contributed by atoms with Gasteiger partial charge in [-0.3, -0.25) is 4.79 Å². The lowest BCUT2D eigenvalue weighted by Crippen LogP contribution is -2.39. The zero-order chi connectivity index (χ0) is 14.0. The molecule has 0 aliphatic carbocycles. The summed E-state index contributed by atoms with van der Waals surface area (Å²) in [7, 11) is 1.69. The molecule has 0 aromatic carbocycles. The van der Waals surface area contributed by atoms with E-state index in [0.717, 1.165) is 30.0 Å². The highest BCUT2D eigenvalue weighted by Gasteiger charge is 2.40. The van der Waals surface area contributed by atoms with E-state index in [2.05, 4.69) is 15.2 Å². The van der Waals surface area contributed by atoms with Crippen LogP contribution in [0.25, 0.3) is 0 Å². The predicted molar refractivity (Wildman–Crippen MR) is 75.9 cm³/mol. The number of rotatable bonds is 3. The van der Waals surface area contributed by atoms with E-state index in [0.29, 0.717) is 13.1 Å². The minimum absolute atomic E-state index is 0.0988. The van der Waals surface area contributed by atoms with Gasteiger partial charge < -0.3 is 16.0 Å². The summed E-state index contributed by atoms with van der Waals surface area (Å²) in [6, 6.07) is 4.01. The molecule has 0 saturated carbocycles. The molecule has 1 saturated heterocycles. The van der Waals surface area contributed by atoms with Crippen molar-refractivity contribution in [2.24, 2.45) is 11.1 Å². The van der Waals surface area contributed by atoms with E-state index in [4.69, 9.17) is 5.73 Å². The summed E-state index contributed by atoms with van der Waals surface area (Å²) in [5, 5.41) is 2.75. The topological polar surface area (TPSA) is 71.2 Å². The molecule has 2 heterocycles. The lowest BCUT2D eigenvalue weighted by atomic mass is 9.89. The minimum Gasteiger partial charge on any atom is -0.359 e. The molecule has 0 spiro atoms. The van der Waals surface area contributed by atoms with Crippen molar-refractivity contribution >= 4 is 11.7 Å². The van der Waals surface area contributed by atoms with Crippen LogP contribution in [0.5, 0.6) is 0 Å². The summed E-state index contributed by atoms with van der Waals surface area (Å²) in [5.74, 6) is 1.02. The Morgan fingerprint density at radius 2 is 2.32 bits per heavy atom. The smallest absolute Gasteiger partial charge is 0.227 e. The second-order valence-electron chi connectivity index (χ2n) is 5.49. The van der Waals surface area contributed by atoms with Gasteiger partial charge in [0.25, 0.3) is 0 Å². The maximum Gasteiger partial charge on any atom is 0.227 e. The van der Waals surface area contributed by atoms with Crippen molar-refractivity contribution in [2.75, 3.05) is 25.0 Å². The zero-order valence-corrected chi connectivity index (χ0v) is 11.9. The fourth-order valence-corrected chi connectivity index (χ4v) is 2.64. The van der Waals surface area contributed by atoms with Crippen LogP contribution < -0.4 is 16.0 Å². The number of amides is 1. The number of carbonyl (C=O) groups excluding carboxylic acids is 1. The average Bonchev–Trinajstić information content (AvgIpc) is 2.81. The van der Waals surface area contributed by atoms with Crippen molar-refractivity contribution in [3.05, 3.63) is 23.4 Å². The van der Waals surface area contributed by atoms with Gasteiger partial charge in [-0.1, -0.05) is 0 Å². The predicted octanol–water partition coefficient (Wildman–Crippen LogP) is 0.811. The Labute approximate surface area is 114 Å². The average molecular weight is 262 g/mol. The Kier molecular flexibility index (Phi) is 3.75.